The van der Waals surface area contributed by atoms with Crippen LogP contribution in [0.15, 0.2) is 0 Å². The molecular formula is C4H16O6S2. The van der Waals surface area contributed by atoms with Gasteiger partial charge in [0.2, 0.25) is 0 Å². The topological polar surface area (TPSA) is 149 Å². The molecule has 0 aromatic carbocycles. The van der Waals surface area contributed by atoms with Crippen LogP contribution in [0.1, 0.15) is 12.8 Å². The van der Waals surface area contributed by atoms with Crippen LogP contribution in [0.3, 0.4) is 0 Å². The van der Waals surface area contributed by atoms with Gasteiger partial charge in [0.05, 0.1) is 5.75 Å². The van der Waals surface area contributed by atoms with Crippen LogP contribution in [0.2, 0.25) is 0 Å². The van der Waals surface area contributed by atoms with Crippen molar-refractivity contribution in [2.24, 2.45) is 0 Å². The molecule has 0 aliphatic heterocycles. The molecule has 6 nitrogen and oxygen atoms in total. The minimum atomic E-state index is -3.73. The lowest BCUT2D eigenvalue weighted by Gasteiger charge is -1.92. The van der Waals surface area contributed by atoms with E-state index in [1.54, 1.807) is 0 Å². The van der Waals surface area contributed by atoms with Crippen LogP contribution in [-0.4, -0.2) is 40.9 Å². The molecule has 0 heterocycles. The van der Waals surface area contributed by atoms with Crippen molar-refractivity contribution in [2.75, 3.05) is 11.5 Å². The maximum absolute atomic E-state index is 10.0. The van der Waals surface area contributed by atoms with Crippen molar-refractivity contribution >= 4 is 22.7 Å². The first-order chi connectivity index (χ1) is 4.06. The van der Waals surface area contributed by atoms with Crippen molar-refractivity contribution in [1.29, 1.82) is 0 Å². The van der Waals surface area contributed by atoms with Gasteiger partial charge in [-0.3, -0.25) is 4.55 Å². The molecule has 0 spiro atoms. The average Bonchev–Trinajstić information content (AvgIpc) is 1.63. The molecule has 0 aliphatic rings. The average molecular weight is 224 g/mol. The summed E-state index contributed by atoms with van der Waals surface area (Å²) >= 11 is 3.87. The van der Waals surface area contributed by atoms with Crippen molar-refractivity contribution in [3.05, 3.63) is 0 Å². The van der Waals surface area contributed by atoms with E-state index in [-0.39, 0.29) is 22.2 Å². The van der Waals surface area contributed by atoms with Gasteiger partial charge in [-0.15, -0.1) is 0 Å². The smallest absolute Gasteiger partial charge is 0.264 e. The van der Waals surface area contributed by atoms with Gasteiger partial charge in [-0.05, 0) is 18.6 Å². The Hall–Kier alpha value is 0.140. The Kier molecular flexibility index (Phi) is 21.1. The zero-order valence-electron chi connectivity index (χ0n) is 6.45. The second-order valence-electron chi connectivity index (χ2n) is 1.72. The maximum Gasteiger partial charge on any atom is 0.264 e. The maximum atomic E-state index is 10.0. The van der Waals surface area contributed by atoms with Crippen LogP contribution in [0.5, 0.6) is 0 Å². The molecule has 0 fully saturated rings. The summed E-state index contributed by atoms with van der Waals surface area (Å²) < 4.78 is 28.3. The van der Waals surface area contributed by atoms with Crippen LogP contribution < -0.4 is 0 Å². The molecule has 8 heteroatoms. The highest BCUT2D eigenvalue weighted by Gasteiger charge is 2.01. The standard InChI is InChI=1S/C4H10O3S2.3H2O/c5-9(6,7)4-2-1-3-8;;;/h8H,1-4H2,(H,5,6,7);3*1H2. The van der Waals surface area contributed by atoms with Crippen LogP contribution in [0.25, 0.3) is 0 Å². The number of rotatable bonds is 4. The first-order valence-corrected chi connectivity index (χ1v) is 4.86. The zero-order valence-corrected chi connectivity index (χ0v) is 8.16. The summed E-state index contributed by atoms with van der Waals surface area (Å²) in [6.07, 6.45) is 1.21. The van der Waals surface area contributed by atoms with Gasteiger partial charge in [-0.2, -0.15) is 21.0 Å². The molecule has 80 valence electrons. The second-order valence-corrected chi connectivity index (χ2v) is 3.74. The molecular weight excluding hydrogens is 208 g/mol. The zero-order chi connectivity index (χ0) is 7.33. The molecule has 0 rings (SSSR count). The van der Waals surface area contributed by atoms with Gasteiger partial charge in [-0.1, -0.05) is 0 Å². The number of unbranched alkanes of at least 4 members (excludes halogenated alkanes) is 1. The first-order valence-electron chi connectivity index (χ1n) is 2.62. The summed E-state index contributed by atoms with van der Waals surface area (Å²) in [5.41, 5.74) is 0. The Morgan fingerprint density at radius 1 is 1.08 bits per heavy atom. The Bertz CT molecular complexity index is 153. The highest BCUT2D eigenvalue weighted by molar-refractivity contribution is 7.85. The molecule has 0 bridgehead atoms. The molecule has 0 atom stereocenters. The molecule has 0 saturated carbocycles. The Morgan fingerprint density at radius 3 is 1.75 bits per heavy atom. The lowest BCUT2D eigenvalue weighted by molar-refractivity contribution is 0.481. The predicted molar refractivity (Wildman–Crippen MR) is 50.3 cm³/mol. The van der Waals surface area contributed by atoms with Crippen molar-refractivity contribution in [3.63, 3.8) is 0 Å². The van der Waals surface area contributed by atoms with E-state index in [9.17, 15) is 8.42 Å². The van der Waals surface area contributed by atoms with Crippen LogP contribution in [0, 0.1) is 0 Å². The molecule has 7 N–H and O–H groups in total. The minimum Gasteiger partial charge on any atom is -0.412 e. The van der Waals surface area contributed by atoms with Gasteiger partial charge in [0.15, 0.2) is 0 Å². The van der Waals surface area contributed by atoms with E-state index in [2.05, 4.69) is 12.6 Å². The molecule has 0 saturated heterocycles. The Balaban J connectivity index is -0.000000107. The third-order valence-corrected chi connectivity index (χ3v) is 1.93. The van der Waals surface area contributed by atoms with Gasteiger partial charge in [-0.25, -0.2) is 0 Å². The summed E-state index contributed by atoms with van der Waals surface area (Å²) in [4.78, 5) is 0. The highest BCUT2D eigenvalue weighted by atomic mass is 32.2. The fourth-order valence-electron chi connectivity index (χ4n) is 0.396. The molecule has 12 heavy (non-hydrogen) atoms. The molecule has 0 radical (unpaired) electrons. The molecule has 0 aromatic rings. The van der Waals surface area contributed by atoms with Crippen molar-refractivity contribution in [2.45, 2.75) is 12.8 Å². The molecule has 0 aliphatic carbocycles. The van der Waals surface area contributed by atoms with Crippen molar-refractivity contribution in [3.8, 4) is 0 Å². The van der Waals surface area contributed by atoms with E-state index in [4.69, 9.17) is 4.55 Å². The number of thiol groups is 1. The monoisotopic (exact) mass is 224 g/mol. The molecule has 0 amide bonds. The Morgan fingerprint density at radius 2 is 1.50 bits per heavy atom. The van der Waals surface area contributed by atoms with Gasteiger partial charge in [0.25, 0.3) is 10.1 Å². The van der Waals surface area contributed by atoms with Crippen LogP contribution in [0.4, 0.5) is 0 Å². The molecule has 0 aromatic heterocycles. The quantitative estimate of drug-likeness (QED) is 0.326. The van der Waals surface area contributed by atoms with Crippen molar-refractivity contribution < 1.29 is 29.4 Å². The predicted octanol–water partition coefficient (Wildman–Crippen LogP) is -1.89. The van der Waals surface area contributed by atoms with E-state index in [1.807, 2.05) is 0 Å². The summed E-state index contributed by atoms with van der Waals surface area (Å²) in [5, 5.41) is 0. The van der Waals surface area contributed by atoms with E-state index in [1.165, 1.54) is 0 Å². The normalized spacial score (nSPS) is 8.83. The van der Waals surface area contributed by atoms with Gasteiger partial charge in [0, 0.05) is 0 Å². The summed E-state index contributed by atoms with van der Waals surface area (Å²) in [5.74, 6) is 0.517. The van der Waals surface area contributed by atoms with Crippen LogP contribution >= 0.6 is 12.6 Å². The largest absolute Gasteiger partial charge is 0.412 e. The van der Waals surface area contributed by atoms with E-state index in [0.717, 1.165) is 6.42 Å². The van der Waals surface area contributed by atoms with Gasteiger partial charge >= 0.3 is 0 Å². The minimum absolute atomic E-state index is 0. The Labute approximate surface area is 77.1 Å². The lowest BCUT2D eigenvalue weighted by Crippen LogP contribution is -2.03. The van der Waals surface area contributed by atoms with Gasteiger partial charge < -0.3 is 16.4 Å². The van der Waals surface area contributed by atoms with Gasteiger partial charge in [0.1, 0.15) is 0 Å². The molecule has 0 unspecified atom stereocenters. The van der Waals surface area contributed by atoms with E-state index >= 15 is 0 Å². The fourth-order valence-corrected chi connectivity index (χ4v) is 1.19. The van der Waals surface area contributed by atoms with Crippen molar-refractivity contribution in [1.82, 2.24) is 0 Å². The summed E-state index contributed by atoms with van der Waals surface area (Å²) in [7, 11) is -3.73. The SMILES string of the molecule is O.O.O.O=S(=O)(O)CCCCS. The van der Waals surface area contributed by atoms with E-state index in [0.29, 0.717) is 12.2 Å². The third-order valence-electron chi connectivity index (χ3n) is 0.810. The first kappa shape index (κ1) is 22.7. The highest BCUT2D eigenvalue weighted by Crippen LogP contribution is 1.94. The third kappa shape index (κ3) is 22.5. The fraction of sp³-hybridized carbons (Fsp3) is 1.00. The lowest BCUT2D eigenvalue weighted by atomic mass is 10.4. The summed E-state index contributed by atoms with van der Waals surface area (Å²) in [6.45, 7) is 0. The van der Waals surface area contributed by atoms with Crippen LogP contribution in [-0.2, 0) is 10.1 Å². The second kappa shape index (κ2) is 11.1. The summed E-state index contributed by atoms with van der Waals surface area (Å²) in [6, 6.07) is 0. The number of hydrogen-bond donors (Lipinski definition) is 2. The van der Waals surface area contributed by atoms with E-state index < -0.39 is 10.1 Å². The number of hydrogen-bond acceptors (Lipinski definition) is 3.